The van der Waals surface area contributed by atoms with Crippen molar-refractivity contribution in [3.63, 3.8) is 0 Å². The fourth-order valence-corrected chi connectivity index (χ4v) is 2.64. The standard InChI is InChI=1S/C21H24N2O4/c1-5-27-21(26)17-9-11-18(12-10-17)22-20(25)13-23(16(4)24)19-8-6-7-14(2)15(19)3/h6-12H,5,13H2,1-4H3,(H,22,25). The molecule has 0 aliphatic carbocycles. The summed E-state index contributed by atoms with van der Waals surface area (Å²) in [7, 11) is 0. The third-order valence-electron chi connectivity index (χ3n) is 4.23. The van der Waals surface area contributed by atoms with Crippen LogP contribution in [-0.2, 0) is 14.3 Å². The van der Waals surface area contributed by atoms with E-state index in [0.29, 0.717) is 17.9 Å². The van der Waals surface area contributed by atoms with Crippen molar-refractivity contribution in [2.24, 2.45) is 0 Å². The number of rotatable bonds is 6. The van der Waals surface area contributed by atoms with E-state index >= 15 is 0 Å². The zero-order chi connectivity index (χ0) is 20.0. The Balaban J connectivity index is 2.09. The summed E-state index contributed by atoms with van der Waals surface area (Å²) in [4.78, 5) is 37.6. The van der Waals surface area contributed by atoms with E-state index in [-0.39, 0.29) is 18.4 Å². The van der Waals surface area contributed by atoms with Crippen molar-refractivity contribution in [2.75, 3.05) is 23.4 Å². The zero-order valence-corrected chi connectivity index (χ0v) is 16.0. The van der Waals surface area contributed by atoms with Gasteiger partial charge in [-0.15, -0.1) is 0 Å². The number of aryl methyl sites for hydroxylation is 1. The smallest absolute Gasteiger partial charge is 0.338 e. The van der Waals surface area contributed by atoms with Crippen LogP contribution < -0.4 is 10.2 Å². The average molecular weight is 368 g/mol. The van der Waals surface area contributed by atoms with Gasteiger partial charge in [0.1, 0.15) is 6.54 Å². The van der Waals surface area contributed by atoms with Crippen molar-refractivity contribution >= 4 is 29.2 Å². The van der Waals surface area contributed by atoms with Crippen molar-refractivity contribution in [2.45, 2.75) is 27.7 Å². The minimum atomic E-state index is -0.409. The van der Waals surface area contributed by atoms with Gasteiger partial charge in [0.05, 0.1) is 12.2 Å². The normalized spacial score (nSPS) is 10.2. The molecule has 0 bridgehead atoms. The van der Waals surface area contributed by atoms with Crippen LogP contribution in [0.4, 0.5) is 11.4 Å². The minimum Gasteiger partial charge on any atom is -0.462 e. The van der Waals surface area contributed by atoms with Crippen LogP contribution in [0.2, 0.25) is 0 Å². The van der Waals surface area contributed by atoms with E-state index in [1.807, 2.05) is 32.0 Å². The molecule has 27 heavy (non-hydrogen) atoms. The summed E-state index contributed by atoms with van der Waals surface area (Å²) in [6.45, 7) is 7.26. The van der Waals surface area contributed by atoms with Crippen LogP contribution in [0.15, 0.2) is 42.5 Å². The number of carbonyl (C=O) groups is 3. The molecule has 0 atom stereocenters. The lowest BCUT2D eigenvalue weighted by Crippen LogP contribution is -2.37. The van der Waals surface area contributed by atoms with Crippen molar-refractivity contribution < 1.29 is 19.1 Å². The van der Waals surface area contributed by atoms with Crippen LogP contribution in [0.25, 0.3) is 0 Å². The molecule has 1 N–H and O–H groups in total. The topological polar surface area (TPSA) is 75.7 Å². The quantitative estimate of drug-likeness (QED) is 0.792. The van der Waals surface area contributed by atoms with Crippen LogP contribution in [0.1, 0.15) is 35.3 Å². The third kappa shape index (κ3) is 5.17. The van der Waals surface area contributed by atoms with Crippen LogP contribution >= 0.6 is 0 Å². The highest BCUT2D eigenvalue weighted by molar-refractivity contribution is 6.02. The van der Waals surface area contributed by atoms with Crippen molar-refractivity contribution in [1.82, 2.24) is 0 Å². The molecule has 0 aliphatic heterocycles. The first-order valence-electron chi connectivity index (χ1n) is 8.74. The molecule has 2 aromatic rings. The first-order chi connectivity index (χ1) is 12.8. The van der Waals surface area contributed by atoms with Crippen molar-refractivity contribution in [1.29, 1.82) is 0 Å². The molecule has 2 rings (SSSR count). The van der Waals surface area contributed by atoms with E-state index in [9.17, 15) is 14.4 Å². The largest absolute Gasteiger partial charge is 0.462 e. The van der Waals surface area contributed by atoms with Gasteiger partial charge in [0, 0.05) is 18.3 Å². The van der Waals surface area contributed by atoms with Crippen LogP contribution in [0.3, 0.4) is 0 Å². The Morgan fingerprint density at radius 1 is 1.04 bits per heavy atom. The lowest BCUT2D eigenvalue weighted by Gasteiger charge is -2.23. The molecule has 2 amide bonds. The highest BCUT2D eigenvalue weighted by Crippen LogP contribution is 2.23. The summed E-state index contributed by atoms with van der Waals surface area (Å²) < 4.78 is 4.93. The second kappa shape index (κ2) is 8.98. The van der Waals surface area contributed by atoms with Gasteiger partial charge < -0.3 is 15.0 Å². The van der Waals surface area contributed by atoms with Gasteiger partial charge in [-0.25, -0.2) is 4.79 Å². The van der Waals surface area contributed by atoms with Crippen molar-refractivity contribution in [3.8, 4) is 0 Å². The minimum absolute atomic E-state index is 0.0980. The molecule has 0 saturated carbocycles. The molecule has 0 fully saturated rings. The predicted molar refractivity (Wildman–Crippen MR) is 105 cm³/mol. The van der Waals surface area contributed by atoms with Gasteiger partial charge in [-0.1, -0.05) is 12.1 Å². The van der Waals surface area contributed by atoms with E-state index in [1.165, 1.54) is 11.8 Å². The van der Waals surface area contributed by atoms with E-state index in [4.69, 9.17) is 4.74 Å². The first kappa shape index (κ1) is 20.2. The summed E-state index contributed by atoms with van der Waals surface area (Å²) in [5.41, 5.74) is 3.68. The maximum atomic E-state index is 12.4. The summed E-state index contributed by atoms with van der Waals surface area (Å²) in [6, 6.07) is 12.1. The monoisotopic (exact) mass is 368 g/mol. The molecule has 6 nitrogen and oxygen atoms in total. The van der Waals surface area contributed by atoms with E-state index in [2.05, 4.69) is 5.32 Å². The molecule has 0 radical (unpaired) electrons. The maximum absolute atomic E-state index is 12.4. The molecule has 0 aromatic heterocycles. The Morgan fingerprint density at radius 3 is 2.30 bits per heavy atom. The number of hydrogen-bond acceptors (Lipinski definition) is 4. The fraction of sp³-hybridized carbons (Fsp3) is 0.286. The molecule has 0 saturated heterocycles. The number of esters is 1. The number of ether oxygens (including phenoxy) is 1. The Hall–Kier alpha value is -3.15. The van der Waals surface area contributed by atoms with Gasteiger partial charge in [0.25, 0.3) is 0 Å². The average Bonchev–Trinajstić information content (AvgIpc) is 2.63. The molecular weight excluding hydrogens is 344 g/mol. The maximum Gasteiger partial charge on any atom is 0.338 e. The SMILES string of the molecule is CCOC(=O)c1ccc(NC(=O)CN(C(C)=O)c2cccc(C)c2C)cc1. The van der Waals surface area contributed by atoms with E-state index in [0.717, 1.165) is 16.8 Å². The number of nitrogens with one attached hydrogen (secondary N) is 1. The van der Waals surface area contributed by atoms with Crippen LogP contribution in [0, 0.1) is 13.8 Å². The predicted octanol–water partition coefficient (Wildman–Crippen LogP) is 3.47. The molecule has 0 spiro atoms. The number of benzene rings is 2. The lowest BCUT2D eigenvalue weighted by molar-refractivity contribution is -0.120. The number of anilines is 2. The molecule has 0 unspecified atom stereocenters. The van der Waals surface area contributed by atoms with Crippen LogP contribution in [0.5, 0.6) is 0 Å². The van der Waals surface area contributed by atoms with Gasteiger partial charge in [-0.3, -0.25) is 9.59 Å². The molecule has 6 heteroatoms. The van der Waals surface area contributed by atoms with E-state index in [1.54, 1.807) is 31.2 Å². The third-order valence-corrected chi connectivity index (χ3v) is 4.23. The second-order valence-electron chi connectivity index (χ2n) is 6.17. The van der Waals surface area contributed by atoms with E-state index < -0.39 is 5.97 Å². The van der Waals surface area contributed by atoms with Crippen LogP contribution in [-0.4, -0.2) is 30.9 Å². The Kier molecular flexibility index (Phi) is 6.71. The van der Waals surface area contributed by atoms with Gasteiger partial charge in [-0.05, 0) is 62.2 Å². The van der Waals surface area contributed by atoms with Gasteiger partial charge in [-0.2, -0.15) is 0 Å². The summed E-state index contributed by atoms with van der Waals surface area (Å²) in [5.74, 6) is -0.945. The highest BCUT2D eigenvalue weighted by atomic mass is 16.5. The molecule has 0 heterocycles. The number of carbonyl (C=O) groups excluding carboxylic acids is 3. The Labute approximate surface area is 159 Å². The zero-order valence-electron chi connectivity index (χ0n) is 16.0. The lowest BCUT2D eigenvalue weighted by atomic mass is 10.1. The number of nitrogens with zero attached hydrogens (tertiary/aromatic N) is 1. The van der Waals surface area contributed by atoms with Gasteiger partial charge in [0.15, 0.2) is 0 Å². The van der Waals surface area contributed by atoms with Crippen molar-refractivity contribution in [3.05, 3.63) is 59.2 Å². The first-order valence-corrected chi connectivity index (χ1v) is 8.74. The molecule has 2 aromatic carbocycles. The summed E-state index contributed by atoms with van der Waals surface area (Å²) in [6.07, 6.45) is 0. The fourth-order valence-electron chi connectivity index (χ4n) is 2.64. The Morgan fingerprint density at radius 2 is 1.70 bits per heavy atom. The summed E-state index contributed by atoms with van der Waals surface area (Å²) in [5, 5.41) is 2.74. The highest BCUT2D eigenvalue weighted by Gasteiger charge is 2.18. The molecule has 0 aliphatic rings. The number of amides is 2. The number of hydrogen-bond donors (Lipinski definition) is 1. The molecular formula is C21H24N2O4. The Bertz CT molecular complexity index is 844. The molecule has 142 valence electrons. The summed E-state index contributed by atoms with van der Waals surface area (Å²) >= 11 is 0. The van der Waals surface area contributed by atoms with Gasteiger partial charge in [0.2, 0.25) is 11.8 Å². The second-order valence-corrected chi connectivity index (χ2v) is 6.17. The van der Waals surface area contributed by atoms with Gasteiger partial charge >= 0.3 is 5.97 Å².